The number of rotatable bonds is 9. The van der Waals surface area contributed by atoms with Gasteiger partial charge in [-0.25, -0.2) is 0 Å². The first kappa shape index (κ1) is 42.4. The number of nitrogens with zero attached hydrogens (tertiary/aromatic N) is 1. The van der Waals surface area contributed by atoms with Crippen LogP contribution in [0, 0.1) is 0 Å². The predicted molar refractivity (Wildman–Crippen MR) is 305 cm³/mol. The summed E-state index contributed by atoms with van der Waals surface area (Å²) < 4.78 is 6.30. The van der Waals surface area contributed by atoms with E-state index in [-0.39, 0.29) is 0 Å². The van der Waals surface area contributed by atoms with E-state index < -0.39 is 5.41 Å². The third kappa shape index (κ3) is 7.10. The van der Waals surface area contributed by atoms with Gasteiger partial charge in [0.25, 0.3) is 0 Å². The van der Waals surface area contributed by atoms with Gasteiger partial charge in [0.2, 0.25) is 0 Å². The Hall–Kier alpha value is -9.50. The van der Waals surface area contributed by atoms with Crippen LogP contribution in [0.2, 0.25) is 0 Å². The molecular formula is C71H47NO. The van der Waals surface area contributed by atoms with Gasteiger partial charge in [-0.05, 0) is 155 Å². The molecule has 0 spiro atoms. The van der Waals surface area contributed by atoms with E-state index in [2.05, 4.69) is 278 Å². The van der Waals surface area contributed by atoms with Gasteiger partial charge in [0.15, 0.2) is 0 Å². The molecule has 0 aliphatic heterocycles. The normalized spacial score (nSPS) is 12.5. The Morgan fingerprint density at radius 3 is 1.45 bits per heavy atom. The number of para-hydroxylation sites is 1. The number of hydrogen-bond acceptors (Lipinski definition) is 2. The van der Waals surface area contributed by atoms with E-state index in [0.29, 0.717) is 0 Å². The third-order valence-corrected chi connectivity index (χ3v) is 15.2. The standard InChI is InChI=1S/C71H47NO/c1-3-19-57(20-4-1)71(58-21-5-2-6-22-58)66-26-11-9-23-63(66)64-44-37-56(47-67(64)71)50-33-40-60(41-34-50)72(61-42-35-51(36-43-61)62-25-14-28-69-70(62)65-24-10-12-27-68(65)73-69)59-38-31-49(32-39-59)53-17-13-18-54(45-53)55-30-29-48-15-7-8-16-52(48)46-55/h1-47H. The van der Waals surface area contributed by atoms with Crippen LogP contribution in [-0.2, 0) is 5.41 Å². The number of anilines is 3. The van der Waals surface area contributed by atoms with Crippen LogP contribution in [0.4, 0.5) is 17.1 Å². The lowest BCUT2D eigenvalue weighted by molar-refractivity contribution is 0.669. The van der Waals surface area contributed by atoms with Crippen LogP contribution >= 0.6 is 0 Å². The van der Waals surface area contributed by atoms with Crippen LogP contribution in [0.3, 0.4) is 0 Å². The summed E-state index contributed by atoms with van der Waals surface area (Å²) in [6, 6.07) is 104. The van der Waals surface area contributed by atoms with Crippen LogP contribution in [-0.4, -0.2) is 0 Å². The maximum absolute atomic E-state index is 6.30. The summed E-state index contributed by atoms with van der Waals surface area (Å²) in [5.74, 6) is 0. The Labute approximate surface area is 425 Å². The van der Waals surface area contributed by atoms with Gasteiger partial charge in [0.1, 0.15) is 11.2 Å². The van der Waals surface area contributed by atoms with Crippen molar-refractivity contribution < 1.29 is 4.42 Å². The summed E-state index contributed by atoms with van der Waals surface area (Å²) in [7, 11) is 0. The zero-order valence-electron chi connectivity index (χ0n) is 40.0. The van der Waals surface area contributed by atoms with Crippen molar-refractivity contribution >= 4 is 49.8 Å². The minimum Gasteiger partial charge on any atom is -0.456 e. The Bertz CT molecular complexity index is 4130. The zero-order valence-corrected chi connectivity index (χ0v) is 40.0. The zero-order chi connectivity index (χ0) is 48.3. The molecular weight excluding hydrogens is 883 g/mol. The molecule has 13 aromatic rings. The molecule has 0 unspecified atom stereocenters. The first-order chi connectivity index (χ1) is 36.2. The summed E-state index contributed by atoms with van der Waals surface area (Å²) in [4.78, 5) is 2.37. The monoisotopic (exact) mass is 929 g/mol. The van der Waals surface area contributed by atoms with E-state index in [0.717, 1.165) is 55.7 Å². The summed E-state index contributed by atoms with van der Waals surface area (Å²) in [5, 5.41) is 4.76. The Morgan fingerprint density at radius 1 is 0.274 bits per heavy atom. The van der Waals surface area contributed by atoms with E-state index in [4.69, 9.17) is 4.42 Å². The van der Waals surface area contributed by atoms with Gasteiger partial charge >= 0.3 is 0 Å². The van der Waals surface area contributed by atoms with E-state index in [1.807, 2.05) is 12.1 Å². The van der Waals surface area contributed by atoms with Gasteiger partial charge in [0, 0.05) is 27.8 Å². The lowest BCUT2D eigenvalue weighted by Crippen LogP contribution is -2.28. The fourth-order valence-electron chi connectivity index (χ4n) is 11.7. The highest BCUT2D eigenvalue weighted by molar-refractivity contribution is 6.12. The predicted octanol–water partition coefficient (Wildman–Crippen LogP) is 19.2. The average Bonchev–Trinajstić information content (AvgIpc) is 4.00. The maximum Gasteiger partial charge on any atom is 0.136 e. The molecule has 1 aromatic heterocycles. The third-order valence-electron chi connectivity index (χ3n) is 15.2. The van der Waals surface area contributed by atoms with Gasteiger partial charge in [-0.2, -0.15) is 0 Å². The lowest BCUT2D eigenvalue weighted by atomic mass is 9.67. The van der Waals surface area contributed by atoms with Gasteiger partial charge in [-0.3, -0.25) is 0 Å². The van der Waals surface area contributed by atoms with Crippen LogP contribution in [0.1, 0.15) is 22.3 Å². The minimum absolute atomic E-state index is 0.465. The number of furan rings is 1. The van der Waals surface area contributed by atoms with Crippen molar-refractivity contribution in [1.29, 1.82) is 0 Å². The summed E-state index contributed by atoms with van der Waals surface area (Å²) >= 11 is 0. The number of fused-ring (bicyclic) bond motifs is 7. The minimum atomic E-state index is -0.465. The van der Waals surface area contributed by atoms with E-state index >= 15 is 0 Å². The molecule has 0 saturated heterocycles. The number of hydrogen-bond donors (Lipinski definition) is 0. The molecule has 1 heterocycles. The molecule has 0 fully saturated rings. The first-order valence-electron chi connectivity index (χ1n) is 25.1. The Balaban J connectivity index is 0.855. The molecule has 0 radical (unpaired) electrons. The summed E-state index contributed by atoms with van der Waals surface area (Å²) in [6.45, 7) is 0. The molecule has 1 aliphatic carbocycles. The van der Waals surface area contributed by atoms with Gasteiger partial charge in [-0.15, -0.1) is 0 Å². The van der Waals surface area contributed by atoms with Crippen molar-refractivity contribution in [2.75, 3.05) is 4.90 Å². The second-order valence-corrected chi connectivity index (χ2v) is 19.2. The van der Waals surface area contributed by atoms with E-state index in [1.54, 1.807) is 0 Å². The maximum atomic E-state index is 6.30. The van der Waals surface area contributed by atoms with E-state index in [9.17, 15) is 0 Å². The highest BCUT2D eigenvalue weighted by atomic mass is 16.3. The topological polar surface area (TPSA) is 16.4 Å². The average molecular weight is 930 g/mol. The van der Waals surface area contributed by atoms with Crippen molar-refractivity contribution in [3.05, 3.63) is 307 Å². The quantitative estimate of drug-likeness (QED) is 0.143. The molecule has 2 heteroatoms. The van der Waals surface area contributed by atoms with Crippen molar-refractivity contribution in [1.82, 2.24) is 0 Å². The Kier molecular flexibility index (Phi) is 10.1. The fraction of sp³-hybridized carbons (Fsp3) is 0.0141. The van der Waals surface area contributed by atoms with Crippen LogP contribution in [0.5, 0.6) is 0 Å². The molecule has 2 nitrogen and oxygen atoms in total. The smallest absolute Gasteiger partial charge is 0.136 e. The van der Waals surface area contributed by atoms with Crippen LogP contribution < -0.4 is 4.90 Å². The highest BCUT2D eigenvalue weighted by Gasteiger charge is 2.46. The molecule has 1 aliphatic rings. The van der Waals surface area contributed by atoms with Gasteiger partial charge < -0.3 is 9.32 Å². The highest BCUT2D eigenvalue weighted by Crippen LogP contribution is 2.57. The molecule has 0 saturated carbocycles. The number of benzene rings is 12. The van der Waals surface area contributed by atoms with Crippen LogP contribution in [0.25, 0.3) is 88.3 Å². The molecule has 0 atom stereocenters. The van der Waals surface area contributed by atoms with Gasteiger partial charge in [-0.1, -0.05) is 218 Å². The Morgan fingerprint density at radius 2 is 0.753 bits per heavy atom. The first-order valence-corrected chi connectivity index (χ1v) is 25.1. The molecule has 14 rings (SSSR count). The fourth-order valence-corrected chi connectivity index (χ4v) is 11.7. The molecule has 0 amide bonds. The summed E-state index contributed by atoms with van der Waals surface area (Å²) in [5.41, 5.74) is 21.6. The van der Waals surface area contributed by atoms with Crippen molar-refractivity contribution in [2.24, 2.45) is 0 Å². The summed E-state index contributed by atoms with van der Waals surface area (Å²) in [6.07, 6.45) is 0. The van der Waals surface area contributed by atoms with Crippen LogP contribution in [0.15, 0.2) is 290 Å². The largest absolute Gasteiger partial charge is 0.456 e. The molecule has 0 N–H and O–H groups in total. The van der Waals surface area contributed by atoms with E-state index in [1.165, 1.54) is 72.0 Å². The lowest BCUT2D eigenvalue weighted by Gasteiger charge is -2.34. The van der Waals surface area contributed by atoms with Crippen molar-refractivity contribution in [3.8, 4) is 55.6 Å². The molecule has 0 bridgehead atoms. The SMILES string of the molecule is c1ccc(C2(c3ccccc3)c3ccccc3-c3ccc(-c4ccc(N(c5ccc(-c6cccc(-c7ccc8ccccc8c7)c6)cc5)c5ccc(-c6cccc7oc8ccccc8c67)cc5)cc4)cc32)cc1. The molecule has 73 heavy (non-hydrogen) atoms. The van der Waals surface area contributed by atoms with Crippen molar-refractivity contribution in [3.63, 3.8) is 0 Å². The van der Waals surface area contributed by atoms with Crippen molar-refractivity contribution in [2.45, 2.75) is 5.41 Å². The second kappa shape index (κ2) is 17.4. The molecule has 12 aromatic carbocycles. The molecule has 342 valence electrons. The van der Waals surface area contributed by atoms with Gasteiger partial charge in [0.05, 0.1) is 5.41 Å². The second-order valence-electron chi connectivity index (χ2n) is 19.2.